The fourth-order valence-electron chi connectivity index (χ4n) is 0.521. The Kier molecular flexibility index (Phi) is 9.78. The van der Waals surface area contributed by atoms with Crippen molar-refractivity contribution in [1.29, 1.82) is 0 Å². The van der Waals surface area contributed by atoms with Gasteiger partial charge in [0.05, 0.1) is 13.2 Å². The van der Waals surface area contributed by atoms with Gasteiger partial charge < -0.3 is 9.47 Å². The quantitative estimate of drug-likeness (QED) is 0.472. The van der Waals surface area contributed by atoms with Gasteiger partial charge in [-0.15, -0.1) is 0 Å². The maximum absolute atomic E-state index is 5.22. The van der Waals surface area contributed by atoms with Crippen molar-refractivity contribution < 1.29 is 9.47 Å². The molecule has 62 valence electrons. The van der Waals surface area contributed by atoms with E-state index in [1.165, 1.54) is 0 Å². The lowest BCUT2D eigenvalue weighted by molar-refractivity contribution is 0.0535. The molecule has 0 rings (SSSR count). The molecule has 0 saturated carbocycles. The molecule has 0 heterocycles. The zero-order chi connectivity index (χ0) is 7.66. The molecule has 0 aromatic rings. The van der Waals surface area contributed by atoms with Crippen LogP contribution in [0.1, 0.15) is 13.3 Å². The van der Waals surface area contributed by atoms with Gasteiger partial charge in [-0.25, -0.2) is 0 Å². The van der Waals surface area contributed by atoms with Crippen molar-refractivity contribution in [2.75, 3.05) is 31.8 Å². The maximum atomic E-state index is 5.22. The fourth-order valence-corrected chi connectivity index (χ4v) is 0.750. The van der Waals surface area contributed by atoms with Crippen LogP contribution in [0, 0.1) is 0 Å². The van der Waals surface area contributed by atoms with E-state index in [1.54, 1.807) is 0 Å². The molecule has 0 atom stereocenters. The van der Waals surface area contributed by atoms with E-state index in [2.05, 4.69) is 15.9 Å². The second kappa shape index (κ2) is 9.40. The Morgan fingerprint density at radius 1 is 1.10 bits per heavy atom. The highest BCUT2D eigenvalue weighted by atomic mass is 79.9. The van der Waals surface area contributed by atoms with Crippen LogP contribution in [0.5, 0.6) is 0 Å². The summed E-state index contributed by atoms with van der Waals surface area (Å²) in [6.45, 7) is 5.04. The van der Waals surface area contributed by atoms with Gasteiger partial charge in [-0.2, -0.15) is 0 Å². The largest absolute Gasteiger partial charge is 0.379 e. The van der Waals surface area contributed by atoms with Crippen LogP contribution in [-0.4, -0.2) is 31.8 Å². The number of hydrogen-bond acceptors (Lipinski definition) is 2. The Balaban J connectivity index is 2.65. The van der Waals surface area contributed by atoms with Gasteiger partial charge in [-0.3, -0.25) is 0 Å². The third kappa shape index (κ3) is 8.40. The van der Waals surface area contributed by atoms with Crippen molar-refractivity contribution in [1.82, 2.24) is 0 Å². The Bertz CT molecular complexity index is 51.6. The van der Waals surface area contributed by atoms with Crippen LogP contribution in [-0.2, 0) is 9.47 Å². The first-order chi connectivity index (χ1) is 4.91. The minimum absolute atomic E-state index is 0.721. The molecule has 0 fully saturated rings. The highest BCUT2D eigenvalue weighted by Crippen LogP contribution is 1.88. The maximum Gasteiger partial charge on any atom is 0.0700 e. The molecule has 0 aromatic carbocycles. The molecule has 2 nitrogen and oxygen atoms in total. The molecule has 3 heteroatoms. The van der Waals surface area contributed by atoms with E-state index in [1.807, 2.05) is 6.92 Å². The molecule has 0 aliphatic carbocycles. The highest BCUT2D eigenvalue weighted by Gasteiger charge is 1.86. The van der Waals surface area contributed by atoms with Crippen LogP contribution in [0.4, 0.5) is 0 Å². The standard InChI is InChI=1S/C7H15BrO2/c1-2-9-6-7-10-5-3-4-8/h2-7H2,1H3. The minimum Gasteiger partial charge on any atom is -0.379 e. The van der Waals surface area contributed by atoms with E-state index in [4.69, 9.17) is 9.47 Å². The van der Waals surface area contributed by atoms with Gasteiger partial charge in [-0.05, 0) is 13.3 Å². The van der Waals surface area contributed by atoms with Crippen molar-refractivity contribution in [3.63, 3.8) is 0 Å². The summed E-state index contributed by atoms with van der Waals surface area (Å²) in [6, 6.07) is 0. The third-order valence-electron chi connectivity index (χ3n) is 0.998. The summed E-state index contributed by atoms with van der Waals surface area (Å²) in [7, 11) is 0. The lowest BCUT2D eigenvalue weighted by atomic mass is 10.5. The number of hydrogen-bond donors (Lipinski definition) is 0. The van der Waals surface area contributed by atoms with Crippen molar-refractivity contribution >= 4 is 15.9 Å². The van der Waals surface area contributed by atoms with E-state index >= 15 is 0 Å². The molecule has 0 saturated heterocycles. The molecule has 0 radical (unpaired) electrons. The van der Waals surface area contributed by atoms with Crippen molar-refractivity contribution in [2.45, 2.75) is 13.3 Å². The van der Waals surface area contributed by atoms with Crippen molar-refractivity contribution in [3.05, 3.63) is 0 Å². The first kappa shape index (κ1) is 10.4. The van der Waals surface area contributed by atoms with E-state index in [-0.39, 0.29) is 0 Å². The van der Waals surface area contributed by atoms with E-state index < -0.39 is 0 Å². The van der Waals surface area contributed by atoms with Gasteiger partial charge in [0.1, 0.15) is 0 Å². The second-order valence-corrected chi connectivity index (χ2v) is 2.64. The summed E-state index contributed by atoms with van der Waals surface area (Å²) in [5, 5.41) is 1.02. The predicted octanol–water partition coefficient (Wildman–Crippen LogP) is 1.82. The zero-order valence-corrected chi connectivity index (χ0v) is 8.02. The minimum atomic E-state index is 0.721. The average Bonchev–Trinajstić information content (AvgIpc) is 1.97. The summed E-state index contributed by atoms with van der Waals surface area (Å²) < 4.78 is 10.3. The molecular formula is C7H15BrO2. The van der Waals surface area contributed by atoms with E-state index in [9.17, 15) is 0 Å². The predicted molar refractivity (Wildman–Crippen MR) is 45.7 cm³/mol. The topological polar surface area (TPSA) is 18.5 Å². The van der Waals surface area contributed by atoms with Gasteiger partial charge in [0.25, 0.3) is 0 Å². The average molecular weight is 211 g/mol. The van der Waals surface area contributed by atoms with E-state index in [0.717, 1.165) is 38.2 Å². The molecule has 0 aliphatic heterocycles. The molecule has 0 unspecified atom stereocenters. The first-order valence-corrected chi connectivity index (χ1v) is 4.75. The molecule has 0 aliphatic rings. The fraction of sp³-hybridized carbons (Fsp3) is 1.00. The molecule has 0 N–H and O–H groups in total. The summed E-state index contributed by atoms with van der Waals surface area (Å²) in [5.74, 6) is 0. The van der Waals surface area contributed by atoms with Crippen LogP contribution < -0.4 is 0 Å². The van der Waals surface area contributed by atoms with Crippen LogP contribution in [0.15, 0.2) is 0 Å². The molecule has 0 amide bonds. The van der Waals surface area contributed by atoms with Gasteiger partial charge in [0, 0.05) is 18.5 Å². The molecule has 0 spiro atoms. The van der Waals surface area contributed by atoms with Crippen molar-refractivity contribution in [2.24, 2.45) is 0 Å². The summed E-state index contributed by atoms with van der Waals surface area (Å²) in [5.41, 5.74) is 0. The lowest BCUT2D eigenvalue weighted by Crippen LogP contribution is -2.04. The zero-order valence-electron chi connectivity index (χ0n) is 6.44. The number of rotatable bonds is 7. The monoisotopic (exact) mass is 210 g/mol. The number of ether oxygens (including phenoxy) is 2. The summed E-state index contributed by atoms with van der Waals surface area (Å²) in [6.07, 6.45) is 1.08. The molecular weight excluding hydrogens is 196 g/mol. The highest BCUT2D eigenvalue weighted by molar-refractivity contribution is 9.09. The van der Waals surface area contributed by atoms with E-state index in [0.29, 0.717) is 0 Å². The number of halogens is 1. The lowest BCUT2D eigenvalue weighted by Gasteiger charge is -2.01. The van der Waals surface area contributed by atoms with Crippen LogP contribution >= 0.6 is 15.9 Å². The SMILES string of the molecule is CCOCCOCCCBr. The summed E-state index contributed by atoms with van der Waals surface area (Å²) in [4.78, 5) is 0. The summed E-state index contributed by atoms with van der Waals surface area (Å²) >= 11 is 3.32. The van der Waals surface area contributed by atoms with Gasteiger partial charge in [0.15, 0.2) is 0 Å². The van der Waals surface area contributed by atoms with Crippen LogP contribution in [0.25, 0.3) is 0 Å². The van der Waals surface area contributed by atoms with Crippen LogP contribution in [0.2, 0.25) is 0 Å². The number of alkyl halides is 1. The smallest absolute Gasteiger partial charge is 0.0700 e. The molecule has 0 aromatic heterocycles. The molecule has 10 heavy (non-hydrogen) atoms. The Labute approximate surface area is 71.0 Å². The Hall–Kier alpha value is 0.400. The Morgan fingerprint density at radius 3 is 2.40 bits per heavy atom. The van der Waals surface area contributed by atoms with Gasteiger partial charge in [-0.1, -0.05) is 15.9 Å². The Morgan fingerprint density at radius 2 is 1.80 bits per heavy atom. The van der Waals surface area contributed by atoms with Crippen LogP contribution in [0.3, 0.4) is 0 Å². The third-order valence-corrected chi connectivity index (χ3v) is 1.56. The van der Waals surface area contributed by atoms with Crippen molar-refractivity contribution in [3.8, 4) is 0 Å². The normalized spacial score (nSPS) is 10.2. The van der Waals surface area contributed by atoms with Gasteiger partial charge in [0.2, 0.25) is 0 Å². The second-order valence-electron chi connectivity index (χ2n) is 1.85. The van der Waals surface area contributed by atoms with Gasteiger partial charge >= 0.3 is 0 Å². The molecule has 0 bridgehead atoms. The first-order valence-electron chi connectivity index (χ1n) is 3.63.